The van der Waals surface area contributed by atoms with Crippen LogP contribution in [0, 0.1) is 5.41 Å². The molecule has 0 spiro atoms. The smallest absolute Gasteiger partial charge is 0.145 e. The SMILES string of the molecule is CCCNc1ncnc(NCC2(CCC)CC2)c1Br. The lowest BCUT2D eigenvalue weighted by molar-refractivity contribution is 0.485. The number of nitrogens with zero attached hydrogens (tertiary/aromatic N) is 2. The number of aromatic nitrogens is 2. The molecule has 1 aromatic heterocycles. The highest BCUT2D eigenvalue weighted by atomic mass is 79.9. The molecule has 0 amide bonds. The first-order valence-electron chi connectivity index (χ1n) is 7.19. The summed E-state index contributed by atoms with van der Waals surface area (Å²) in [5.41, 5.74) is 0.524. The predicted molar refractivity (Wildman–Crippen MR) is 83.6 cm³/mol. The van der Waals surface area contributed by atoms with Crippen molar-refractivity contribution in [1.29, 1.82) is 0 Å². The van der Waals surface area contributed by atoms with Gasteiger partial charge in [0.25, 0.3) is 0 Å². The lowest BCUT2D eigenvalue weighted by Gasteiger charge is -2.17. The summed E-state index contributed by atoms with van der Waals surface area (Å²) in [6.07, 6.45) is 7.96. The molecule has 0 radical (unpaired) electrons. The maximum absolute atomic E-state index is 4.33. The summed E-state index contributed by atoms with van der Waals surface area (Å²) in [6.45, 7) is 6.34. The number of hydrogen-bond acceptors (Lipinski definition) is 4. The van der Waals surface area contributed by atoms with Crippen molar-refractivity contribution in [2.75, 3.05) is 23.7 Å². The topological polar surface area (TPSA) is 49.8 Å². The van der Waals surface area contributed by atoms with Crippen molar-refractivity contribution >= 4 is 27.6 Å². The Morgan fingerprint density at radius 1 is 1.16 bits per heavy atom. The van der Waals surface area contributed by atoms with Gasteiger partial charge in [-0.25, -0.2) is 9.97 Å². The van der Waals surface area contributed by atoms with E-state index in [2.05, 4.69) is 50.4 Å². The van der Waals surface area contributed by atoms with Crippen molar-refractivity contribution < 1.29 is 0 Å². The van der Waals surface area contributed by atoms with E-state index in [-0.39, 0.29) is 0 Å². The quantitative estimate of drug-likeness (QED) is 0.756. The van der Waals surface area contributed by atoms with Gasteiger partial charge in [0.1, 0.15) is 22.4 Å². The molecular weight excluding hydrogens is 304 g/mol. The van der Waals surface area contributed by atoms with Gasteiger partial charge in [-0.05, 0) is 47.0 Å². The average Bonchev–Trinajstić information content (AvgIpc) is 3.17. The van der Waals surface area contributed by atoms with Crippen molar-refractivity contribution in [2.45, 2.75) is 46.0 Å². The third-order valence-electron chi connectivity index (χ3n) is 3.70. The monoisotopic (exact) mass is 326 g/mol. The fraction of sp³-hybridized carbons (Fsp3) is 0.714. The van der Waals surface area contributed by atoms with Crippen LogP contribution in [0.3, 0.4) is 0 Å². The zero-order chi connectivity index (χ0) is 13.7. The Bertz CT molecular complexity index is 418. The Morgan fingerprint density at radius 2 is 1.84 bits per heavy atom. The molecular formula is C14H23BrN4. The van der Waals surface area contributed by atoms with E-state index in [1.54, 1.807) is 6.33 Å². The summed E-state index contributed by atoms with van der Waals surface area (Å²) < 4.78 is 0.941. The number of hydrogen-bond donors (Lipinski definition) is 2. The lowest BCUT2D eigenvalue weighted by Crippen LogP contribution is -2.16. The van der Waals surface area contributed by atoms with Crippen molar-refractivity contribution in [3.8, 4) is 0 Å². The molecule has 0 unspecified atom stereocenters. The van der Waals surface area contributed by atoms with Crippen LogP contribution >= 0.6 is 15.9 Å². The van der Waals surface area contributed by atoms with Crippen LogP contribution in [0.2, 0.25) is 0 Å². The minimum Gasteiger partial charge on any atom is -0.369 e. The van der Waals surface area contributed by atoms with Crippen LogP contribution in [0.25, 0.3) is 0 Å². The molecule has 2 N–H and O–H groups in total. The van der Waals surface area contributed by atoms with Gasteiger partial charge in [0.2, 0.25) is 0 Å². The van der Waals surface area contributed by atoms with Gasteiger partial charge in [-0.1, -0.05) is 20.3 Å². The number of nitrogens with one attached hydrogen (secondary N) is 2. The van der Waals surface area contributed by atoms with Gasteiger partial charge in [0.05, 0.1) is 0 Å². The largest absolute Gasteiger partial charge is 0.369 e. The Morgan fingerprint density at radius 3 is 2.42 bits per heavy atom. The summed E-state index contributed by atoms with van der Waals surface area (Å²) in [7, 11) is 0. The van der Waals surface area contributed by atoms with Gasteiger partial charge in [0, 0.05) is 13.1 Å². The van der Waals surface area contributed by atoms with Gasteiger partial charge in [-0.2, -0.15) is 0 Å². The fourth-order valence-electron chi connectivity index (χ4n) is 2.35. The second kappa shape index (κ2) is 6.55. The molecule has 1 heterocycles. The molecule has 0 aromatic carbocycles. The van der Waals surface area contributed by atoms with Crippen LogP contribution in [-0.4, -0.2) is 23.1 Å². The Labute approximate surface area is 123 Å². The highest BCUT2D eigenvalue weighted by Gasteiger charge is 2.41. The predicted octanol–water partition coefficient (Wildman–Crippen LogP) is 4.05. The van der Waals surface area contributed by atoms with E-state index >= 15 is 0 Å². The summed E-state index contributed by atoms with van der Waals surface area (Å²) in [5.74, 6) is 1.77. The highest BCUT2D eigenvalue weighted by molar-refractivity contribution is 9.10. The van der Waals surface area contributed by atoms with Gasteiger partial charge in [-0.15, -0.1) is 0 Å². The Kier molecular flexibility index (Phi) is 5.02. The third kappa shape index (κ3) is 3.81. The van der Waals surface area contributed by atoms with Gasteiger partial charge < -0.3 is 10.6 Å². The van der Waals surface area contributed by atoms with Crippen LogP contribution in [0.4, 0.5) is 11.6 Å². The van der Waals surface area contributed by atoms with E-state index in [1.165, 1.54) is 25.7 Å². The standard InChI is InChI=1S/C14H23BrN4/c1-3-5-14(6-7-14)9-17-13-11(15)12(16-8-4-2)18-10-19-13/h10H,3-9H2,1-2H3,(H2,16,17,18,19). The van der Waals surface area contributed by atoms with Crippen molar-refractivity contribution in [1.82, 2.24) is 9.97 Å². The molecule has 1 aliphatic carbocycles. The maximum atomic E-state index is 4.33. The summed E-state index contributed by atoms with van der Waals surface area (Å²) in [6, 6.07) is 0. The minimum atomic E-state index is 0.524. The van der Waals surface area contributed by atoms with E-state index < -0.39 is 0 Å². The second-order valence-corrected chi connectivity index (χ2v) is 6.21. The zero-order valence-electron chi connectivity index (χ0n) is 11.8. The van der Waals surface area contributed by atoms with E-state index in [1.807, 2.05) is 0 Å². The normalized spacial score (nSPS) is 16.2. The first-order valence-corrected chi connectivity index (χ1v) is 7.98. The van der Waals surface area contributed by atoms with Crippen molar-refractivity contribution in [2.24, 2.45) is 5.41 Å². The summed E-state index contributed by atoms with van der Waals surface area (Å²) in [5, 5.41) is 6.78. The number of rotatable bonds is 8. The maximum Gasteiger partial charge on any atom is 0.145 e. The molecule has 0 bridgehead atoms. The highest BCUT2D eigenvalue weighted by Crippen LogP contribution is 2.49. The first kappa shape index (κ1) is 14.6. The fourth-order valence-corrected chi connectivity index (χ4v) is 2.84. The average molecular weight is 327 g/mol. The molecule has 1 fully saturated rings. The molecule has 0 aliphatic heterocycles. The second-order valence-electron chi connectivity index (χ2n) is 5.42. The molecule has 0 saturated heterocycles. The van der Waals surface area contributed by atoms with Crippen LogP contribution < -0.4 is 10.6 Å². The molecule has 5 heteroatoms. The molecule has 0 atom stereocenters. The van der Waals surface area contributed by atoms with Crippen molar-refractivity contribution in [3.63, 3.8) is 0 Å². The molecule has 1 saturated carbocycles. The minimum absolute atomic E-state index is 0.524. The van der Waals surface area contributed by atoms with E-state index in [0.717, 1.165) is 35.6 Å². The van der Waals surface area contributed by atoms with Crippen LogP contribution in [-0.2, 0) is 0 Å². The van der Waals surface area contributed by atoms with E-state index in [4.69, 9.17) is 0 Å². The third-order valence-corrected chi connectivity index (χ3v) is 4.45. The lowest BCUT2D eigenvalue weighted by atomic mass is 10.0. The van der Waals surface area contributed by atoms with Gasteiger partial charge in [0.15, 0.2) is 0 Å². The first-order chi connectivity index (χ1) is 9.21. The Balaban J connectivity index is 1.96. The number of halogens is 1. The molecule has 1 aromatic rings. The molecule has 2 rings (SSSR count). The van der Waals surface area contributed by atoms with E-state index in [0.29, 0.717) is 5.41 Å². The van der Waals surface area contributed by atoms with Gasteiger partial charge >= 0.3 is 0 Å². The molecule has 1 aliphatic rings. The Hall–Kier alpha value is -0.840. The van der Waals surface area contributed by atoms with E-state index in [9.17, 15) is 0 Å². The number of anilines is 2. The summed E-state index contributed by atoms with van der Waals surface area (Å²) >= 11 is 3.59. The van der Waals surface area contributed by atoms with Crippen LogP contribution in [0.5, 0.6) is 0 Å². The summed E-state index contributed by atoms with van der Waals surface area (Å²) in [4.78, 5) is 8.59. The van der Waals surface area contributed by atoms with Gasteiger partial charge in [-0.3, -0.25) is 0 Å². The molecule has 4 nitrogen and oxygen atoms in total. The van der Waals surface area contributed by atoms with Crippen LogP contribution in [0.15, 0.2) is 10.8 Å². The molecule has 106 valence electrons. The van der Waals surface area contributed by atoms with Crippen LogP contribution in [0.1, 0.15) is 46.0 Å². The zero-order valence-corrected chi connectivity index (χ0v) is 13.4. The van der Waals surface area contributed by atoms with Crippen molar-refractivity contribution in [3.05, 3.63) is 10.8 Å². The molecule has 19 heavy (non-hydrogen) atoms.